The average Bonchev–Trinajstić information content (AvgIpc) is 2.17. The summed E-state index contributed by atoms with van der Waals surface area (Å²) in [5.41, 5.74) is 2.61. The molecule has 0 radical (unpaired) electrons. The third-order valence-electron chi connectivity index (χ3n) is 2.10. The van der Waals surface area contributed by atoms with Crippen LogP contribution >= 0.6 is 0 Å². The number of nitrogens with zero attached hydrogens (tertiary/aromatic N) is 1. The Morgan fingerprint density at radius 1 is 1.17 bits per heavy atom. The van der Waals surface area contributed by atoms with Gasteiger partial charge in [-0.15, -0.1) is 0 Å². The van der Waals surface area contributed by atoms with Gasteiger partial charge >= 0.3 is 84.9 Å². The van der Waals surface area contributed by atoms with Crippen LogP contribution in [-0.4, -0.2) is 27.5 Å². The molecule has 12 heavy (non-hydrogen) atoms. The molecule has 2 aromatic rings. The fraction of sp³-hybridized carbons (Fsp3) is 0.100. The quantitative estimate of drug-likeness (QED) is 0.703. The van der Waals surface area contributed by atoms with Crippen LogP contribution in [0.25, 0.3) is 10.9 Å². The molecular weight excluding hydrogens is 253 g/mol. The van der Waals surface area contributed by atoms with Crippen LogP contribution in [0.15, 0.2) is 36.5 Å². The zero-order valence-electron chi connectivity index (χ0n) is 7.12. The van der Waals surface area contributed by atoms with Gasteiger partial charge in [0.2, 0.25) is 0 Å². The van der Waals surface area contributed by atoms with Gasteiger partial charge in [0.15, 0.2) is 0 Å². The Labute approximate surface area is 84.9 Å². The van der Waals surface area contributed by atoms with E-state index in [0.717, 1.165) is 22.5 Å². The van der Waals surface area contributed by atoms with Gasteiger partial charge in [0.25, 0.3) is 0 Å². The van der Waals surface area contributed by atoms with Gasteiger partial charge in [0.05, 0.1) is 0 Å². The molecule has 0 spiro atoms. The Balaban J connectivity index is 2.79. The van der Waals surface area contributed by atoms with Crippen LogP contribution in [0.1, 0.15) is 5.56 Å². The first-order valence-electron chi connectivity index (χ1n) is 4.24. The van der Waals surface area contributed by atoms with E-state index < -0.39 is 0 Å². The number of hydrogen-bond donors (Lipinski definition) is 0. The van der Waals surface area contributed by atoms with E-state index in [9.17, 15) is 0 Å². The fourth-order valence-electron chi connectivity index (χ4n) is 1.45. The van der Waals surface area contributed by atoms with E-state index in [-0.39, 0.29) is 0 Å². The molecule has 0 aliphatic rings. The predicted octanol–water partition coefficient (Wildman–Crippen LogP) is 1.10. The van der Waals surface area contributed by atoms with Crippen molar-refractivity contribution < 1.29 is 0 Å². The number of para-hydroxylation sites is 1. The zero-order valence-corrected chi connectivity index (χ0v) is 12.8. The normalized spacial score (nSPS) is 10.7. The number of benzene rings is 1. The van der Waals surface area contributed by atoms with Crippen LogP contribution in [0.5, 0.6) is 0 Å². The van der Waals surface area contributed by atoms with Crippen molar-refractivity contribution in [3.05, 3.63) is 42.1 Å². The Morgan fingerprint density at radius 2 is 2.00 bits per heavy atom. The van der Waals surface area contributed by atoms with Crippen LogP contribution < -0.4 is 0 Å². The molecule has 1 heterocycles. The van der Waals surface area contributed by atoms with Crippen molar-refractivity contribution in [1.82, 2.24) is 4.98 Å². The van der Waals surface area contributed by atoms with Crippen molar-refractivity contribution in [3.63, 3.8) is 0 Å². The molecule has 0 unspecified atom stereocenters. The van der Waals surface area contributed by atoms with Crippen molar-refractivity contribution in [3.8, 4) is 0 Å². The molecule has 2 rings (SSSR count). The Morgan fingerprint density at radius 3 is 2.83 bits per heavy atom. The third-order valence-corrected chi connectivity index (χ3v) is 4.27. The molecule has 60 valence electrons. The van der Waals surface area contributed by atoms with E-state index >= 15 is 0 Å². The summed E-state index contributed by atoms with van der Waals surface area (Å²) >= 11 is 0.720. The van der Waals surface area contributed by atoms with E-state index in [1.54, 1.807) is 0 Å². The van der Waals surface area contributed by atoms with Gasteiger partial charge in [-0.2, -0.15) is 0 Å². The van der Waals surface area contributed by atoms with E-state index in [0.29, 0.717) is 0 Å². The van der Waals surface area contributed by atoms with Crippen LogP contribution in [-0.2, 0) is 4.44 Å². The summed E-state index contributed by atoms with van der Waals surface area (Å²) in [6, 6.07) is 10.5. The predicted molar refractivity (Wildman–Crippen MR) is 55.4 cm³/mol. The van der Waals surface area contributed by atoms with Crippen LogP contribution in [0.3, 0.4) is 0 Å². The summed E-state index contributed by atoms with van der Waals surface area (Å²) in [5, 5.41) is 1.27. The second-order valence-corrected chi connectivity index (χ2v) is 4.86. The first-order chi connectivity index (χ1) is 5.92. The standard InChI is InChI=1S/C10H8N.Sn.3H/c1-8-4-2-5-9-6-3-7-11-10(8)9;;;;/h2-7H,1H2;;;;. The van der Waals surface area contributed by atoms with Crippen molar-refractivity contribution >= 4 is 33.4 Å². The number of rotatable bonds is 1. The molecule has 2 heteroatoms. The third kappa shape index (κ3) is 1.33. The number of fused-ring (bicyclic) bond motifs is 1. The SMILES string of the molecule is [SnH3][CH2]c1cccc2cccnc12. The molecule has 1 aromatic carbocycles. The van der Waals surface area contributed by atoms with Crippen LogP contribution in [0.4, 0.5) is 0 Å². The van der Waals surface area contributed by atoms with E-state index in [1.165, 1.54) is 20.9 Å². The van der Waals surface area contributed by atoms with Crippen LogP contribution in [0.2, 0.25) is 0 Å². The second-order valence-electron chi connectivity index (χ2n) is 2.85. The number of hydrogen-bond acceptors (Lipinski definition) is 1. The summed E-state index contributed by atoms with van der Waals surface area (Å²) in [4.78, 5) is 4.39. The van der Waals surface area contributed by atoms with Crippen molar-refractivity contribution in [2.45, 2.75) is 4.44 Å². The number of aromatic nitrogens is 1. The van der Waals surface area contributed by atoms with Crippen LogP contribution in [0, 0.1) is 0 Å². The molecular formula is C10H11NSn. The summed E-state index contributed by atoms with van der Waals surface area (Å²) in [6.07, 6.45) is 1.87. The molecule has 1 nitrogen and oxygen atoms in total. The first-order valence-corrected chi connectivity index (χ1v) is 8.28. The van der Waals surface area contributed by atoms with Gasteiger partial charge in [0.1, 0.15) is 0 Å². The number of pyridine rings is 1. The molecule has 1 aromatic heterocycles. The fourth-order valence-corrected chi connectivity index (χ4v) is 3.08. The van der Waals surface area contributed by atoms with Gasteiger partial charge in [-0.1, -0.05) is 0 Å². The summed E-state index contributed by atoms with van der Waals surface area (Å²) in [5.74, 6) is 0. The zero-order chi connectivity index (χ0) is 8.39. The molecule has 0 aliphatic heterocycles. The summed E-state index contributed by atoms with van der Waals surface area (Å²) < 4.78 is 1.26. The Kier molecular flexibility index (Phi) is 2.30. The van der Waals surface area contributed by atoms with Crippen molar-refractivity contribution in [1.29, 1.82) is 0 Å². The molecule has 0 atom stereocenters. The monoisotopic (exact) mass is 265 g/mol. The first kappa shape index (κ1) is 8.05. The van der Waals surface area contributed by atoms with Gasteiger partial charge in [-0.25, -0.2) is 0 Å². The summed E-state index contributed by atoms with van der Waals surface area (Å²) in [6.45, 7) is 0. The van der Waals surface area contributed by atoms with Crippen molar-refractivity contribution in [2.24, 2.45) is 0 Å². The molecule has 0 N–H and O–H groups in total. The molecule has 0 saturated carbocycles. The minimum absolute atomic E-state index is 0.720. The molecule has 0 amide bonds. The average molecular weight is 264 g/mol. The van der Waals surface area contributed by atoms with E-state index in [1.807, 2.05) is 12.3 Å². The van der Waals surface area contributed by atoms with Crippen molar-refractivity contribution in [2.75, 3.05) is 0 Å². The summed E-state index contributed by atoms with van der Waals surface area (Å²) in [7, 11) is 0. The van der Waals surface area contributed by atoms with Gasteiger partial charge in [0, 0.05) is 0 Å². The van der Waals surface area contributed by atoms with E-state index in [4.69, 9.17) is 0 Å². The van der Waals surface area contributed by atoms with Gasteiger partial charge in [-0.3, -0.25) is 0 Å². The maximum absolute atomic E-state index is 4.39. The van der Waals surface area contributed by atoms with E-state index in [2.05, 4.69) is 29.2 Å². The maximum atomic E-state index is 4.39. The molecule has 0 bridgehead atoms. The Hall–Kier alpha value is -0.571. The van der Waals surface area contributed by atoms with Gasteiger partial charge in [-0.05, 0) is 0 Å². The minimum atomic E-state index is 0.720. The molecule has 0 saturated heterocycles. The topological polar surface area (TPSA) is 12.9 Å². The van der Waals surface area contributed by atoms with Gasteiger partial charge < -0.3 is 0 Å². The Bertz CT molecular complexity index is 392. The second kappa shape index (κ2) is 3.44. The molecule has 0 fully saturated rings. The molecule has 0 aliphatic carbocycles.